The highest BCUT2D eigenvalue weighted by Gasteiger charge is 2.24. The largest absolute Gasteiger partial charge is 0.393 e. The van der Waals surface area contributed by atoms with Crippen molar-refractivity contribution in [2.24, 2.45) is 5.92 Å². The molecule has 0 radical (unpaired) electrons. The number of rotatable bonds is 0. The first-order valence-electron chi connectivity index (χ1n) is 2.47. The molecule has 0 amide bonds. The van der Waals surface area contributed by atoms with Gasteiger partial charge in [-0.2, -0.15) is 0 Å². The normalized spacial score (nSPS) is 38.9. The fraction of sp³-hybridized carbons (Fsp3) is 0.667. The van der Waals surface area contributed by atoms with E-state index in [9.17, 15) is 0 Å². The molecule has 0 saturated heterocycles. The molecule has 1 saturated carbocycles. The minimum absolute atomic E-state index is 0.0963. The molecular weight excluding hydrogens is 88.1 g/mol. The fourth-order valence-electron chi connectivity index (χ4n) is 0.724. The van der Waals surface area contributed by atoms with Gasteiger partial charge in [-0.25, -0.2) is 0 Å². The summed E-state index contributed by atoms with van der Waals surface area (Å²) in [5.41, 5.74) is 0. The second-order valence-corrected chi connectivity index (χ2v) is 1.99. The SMILES string of the molecule is C#CC1CC(O)C1. The molecule has 38 valence electrons. The van der Waals surface area contributed by atoms with E-state index < -0.39 is 0 Å². The molecule has 0 unspecified atom stereocenters. The predicted octanol–water partition coefficient (Wildman–Crippen LogP) is 0.391. The second-order valence-electron chi connectivity index (χ2n) is 1.99. The highest BCUT2D eigenvalue weighted by atomic mass is 16.3. The van der Waals surface area contributed by atoms with Gasteiger partial charge in [0, 0.05) is 5.92 Å². The lowest BCUT2D eigenvalue weighted by molar-refractivity contribution is 0.0666. The summed E-state index contributed by atoms with van der Waals surface area (Å²) in [5, 5.41) is 8.65. The fourth-order valence-corrected chi connectivity index (χ4v) is 0.724. The van der Waals surface area contributed by atoms with Crippen molar-refractivity contribution >= 4 is 0 Å². The van der Waals surface area contributed by atoms with Crippen LogP contribution in [0.3, 0.4) is 0 Å². The topological polar surface area (TPSA) is 20.2 Å². The maximum absolute atomic E-state index is 8.65. The van der Waals surface area contributed by atoms with Crippen LogP contribution in [0.5, 0.6) is 0 Å². The molecule has 0 aromatic carbocycles. The van der Waals surface area contributed by atoms with Crippen molar-refractivity contribution in [3.63, 3.8) is 0 Å². The lowest BCUT2D eigenvalue weighted by atomic mass is 9.83. The van der Waals surface area contributed by atoms with Gasteiger partial charge in [0.15, 0.2) is 0 Å². The molecule has 0 aliphatic heterocycles. The minimum atomic E-state index is -0.0963. The van der Waals surface area contributed by atoms with Crippen molar-refractivity contribution in [3.8, 4) is 12.3 Å². The van der Waals surface area contributed by atoms with E-state index in [0.717, 1.165) is 12.8 Å². The number of hydrogen-bond donors (Lipinski definition) is 1. The van der Waals surface area contributed by atoms with Crippen molar-refractivity contribution in [3.05, 3.63) is 0 Å². The van der Waals surface area contributed by atoms with Crippen LogP contribution in [0.15, 0.2) is 0 Å². The molecule has 0 heterocycles. The third-order valence-corrected chi connectivity index (χ3v) is 1.35. The molecule has 0 atom stereocenters. The molecule has 1 N–H and O–H groups in total. The van der Waals surface area contributed by atoms with Crippen LogP contribution >= 0.6 is 0 Å². The number of aliphatic hydroxyl groups excluding tert-OH is 1. The Bertz CT molecular complexity index is 95.2. The van der Waals surface area contributed by atoms with Crippen LogP contribution in [0.1, 0.15) is 12.8 Å². The molecule has 1 aliphatic carbocycles. The molecule has 7 heavy (non-hydrogen) atoms. The van der Waals surface area contributed by atoms with Gasteiger partial charge in [-0.1, -0.05) is 0 Å². The Morgan fingerprint density at radius 3 is 2.29 bits per heavy atom. The Kier molecular flexibility index (Phi) is 1.04. The van der Waals surface area contributed by atoms with Gasteiger partial charge in [0.05, 0.1) is 6.10 Å². The summed E-state index contributed by atoms with van der Waals surface area (Å²) < 4.78 is 0. The molecule has 0 aromatic rings. The minimum Gasteiger partial charge on any atom is -0.393 e. The average Bonchev–Trinajstić information content (AvgIpc) is 1.58. The molecule has 1 nitrogen and oxygen atoms in total. The molecule has 0 aromatic heterocycles. The molecule has 0 spiro atoms. The van der Waals surface area contributed by atoms with Crippen LogP contribution in [0.25, 0.3) is 0 Å². The van der Waals surface area contributed by atoms with E-state index in [1.807, 2.05) is 0 Å². The van der Waals surface area contributed by atoms with Crippen LogP contribution in [0.2, 0.25) is 0 Å². The second kappa shape index (κ2) is 1.55. The number of hydrogen-bond acceptors (Lipinski definition) is 1. The van der Waals surface area contributed by atoms with Gasteiger partial charge in [-0.3, -0.25) is 0 Å². The summed E-state index contributed by atoms with van der Waals surface area (Å²) in [7, 11) is 0. The van der Waals surface area contributed by atoms with Crippen molar-refractivity contribution in [1.29, 1.82) is 0 Å². The average molecular weight is 96.1 g/mol. The third-order valence-electron chi connectivity index (χ3n) is 1.35. The van der Waals surface area contributed by atoms with Crippen molar-refractivity contribution in [2.75, 3.05) is 0 Å². The van der Waals surface area contributed by atoms with Gasteiger partial charge in [0.2, 0.25) is 0 Å². The summed E-state index contributed by atoms with van der Waals surface area (Å²) >= 11 is 0. The summed E-state index contributed by atoms with van der Waals surface area (Å²) in [6, 6.07) is 0. The van der Waals surface area contributed by atoms with Crippen molar-refractivity contribution in [2.45, 2.75) is 18.9 Å². The molecule has 1 rings (SSSR count). The van der Waals surface area contributed by atoms with Gasteiger partial charge in [-0.05, 0) is 12.8 Å². The van der Waals surface area contributed by atoms with Crippen molar-refractivity contribution in [1.82, 2.24) is 0 Å². The lowest BCUT2D eigenvalue weighted by Gasteiger charge is -2.26. The number of aliphatic hydroxyl groups is 1. The summed E-state index contributed by atoms with van der Waals surface area (Å²) in [6.07, 6.45) is 6.57. The Hall–Kier alpha value is -0.480. The monoisotopic (exact) mass is 96.1 g/mol. The summed E-state index contributed by atoms with van der Waals surface area (Å²) in [6.45, 7) is 0. The zero-order chi connectivity index (χ0) is 5.28. The summed E-state index contributed by atoms with van der Waals surface area (Å²) in [5.74, 6) is 2.94. The van der Waals surface area contributed by atoms with E-state index in [4.69, 9.17) is 11.5 Å². The van der Waals surface area contributed by atoms with Gasteiger partial charge in [-0.15, -0.1) is 12.3 Å². The van der Waals surface area contributed by atoms with Crippen LogP contribution in [-0.2, 0) is 0 Å². The van der Waals surface area contributed by atoms with Crippen molar-refractivity contribution < 1.29 is 5.11 Å². The van der Waals surface area contributed by atoms with Crippen LogP contribution < -0.4 is 0 Å². The zero-order valence-electron chi connectivity index (χ0n) is 4.09. The van der Waals surface area contributed by atoms with Gasteiger partial charge < -0.3 is 5.11 Å². The Labute approximate surface area is 43.4 Å². The Morgan fingerprint density at radius 2 is 2.14 bits per heavy atom. The third kappa shape index (κ3) is 0.755. The van der Waals surface area contributed by atoms with Gasteiger partial charge in [0.1, 0.15) is 0 Å². The highest BCUT2D eigenvalue weighted by molar-refractivity contribution is 5.00. The standard InChI is InChI=1S/C6H8O/c1-2-5-3-6(7)4-5/h1,5-7H,3-4H2. The summed E-state index contributed by atoms with van der Waals surface area (Å²) in [4.78, 5) is 0. The van der Waals surface area contributed by atoms with Crippen LogP contribution in [0, 0.1) is 18.3 Å². The van der Waals surface area contributed by atoms with E-state index >= 15 is 0 Å². The number of terminal acetylenes is 1. The molecule has 1 heteroatoms. The van der Waals surface area contributed by atoms with E-state index in [-0.39, 0.29) is 6.10 Å². The van der Waals surface area contributed by atoms with E-state index in [2.05, 4.69) is 5.92 Å². The molecular formula is C6H8O. The molecule has 1 fully saturated rings. The molecule has 1 aliphatic rings. The van der Waals surface area contributed by atoms with Crippen LogP contribution in [-0.4, -0.2) is 11.2 Å². The first-order chi connectivity index (χ1) is 3.33. The van der Waals surface area contributed by atoms with Crippen LogP contribution in [0.4, 0.5) is 0 Å². The molecule has 0 bridgehead atoms. The quantitative estimate of drug-likeness (QED) is 0.432. The van der Waals surface area contributed by atoms with E-state index in [1.54, 1.807) is 0 Å². The zero-order valence-corrected chi connectivity index (χ0v) is 4.09. The van der Waals surface area contributed by atoms with E-state index in [1.165, 1.54) is 0 Å². The first kappa shape index (κ1) is 4.67. The van der Waals surface area contributed by atoms with Gasteiger partial charge >= 0.3 is 0 Å². The van der Waals surface area contributed by atoms with Gasteiger partial charge in [0.25, 0.3) is 0 Å². The highest BCUT2D eigenvalue weighted by Crippen LogP contribution is 2.25. The smallest absolute Gasteiger partial charge is 0.0563 e. The first-order valence-corrected chi connectivity index (χ1v) is 2.47. The maximum Gasteiger partial charge on any atom is 0.0563 e. The Morgan fingerprint density at radius 1 is 1.57 bits per heavy atom. The predicted molar refractivity (Wildman–Crippen MR) is 27.6 cm³/mol. The lowest BCUT2D eigenvalue weighted by Crippen LogP contribution is -2.26. The maximum atomic E-state index is 8.65. The Balaban J connectivity index is 2.21. The van der Waals surface area contributed by atoms with E-state index in [0.29, 0.717) is 5.92 Å².